The number of Topliss-reactive ketones (excluding diaryl/α,β-unsaturated/α-hetero) is 1. The van der Waals surface area contributed by atoms with Crippen LogP contribution in [0, 0.1) is 0 Å². The van der Waals surface area contributed by atoms with Gasteiger partial charge in [-0.3, -0.25) is 14.7 Å². The Hall–Kier alpha value is -3.18. The fraction of sp³-hybridized carbons (Fsp3) is 0.571. The normalized spacial score (nSPS) is 19.5. The third-order valence-corrected chi connectivity index (χ3v) is 9.33. The molecule has 0 aromatic carbocycles. The highest BCUT2D eigenvalue weighted by Gasteiger charge is 2.38. The highest BCUT2D eigenvalue weighted by Crippen LogP contribution is 2.43. The van der Waals surface area contributed by atoms with Crippen molar-refractivity contribution in [2.75, 3.05) is 31.9 Å². The van der Waals surface area contributed by atoms with Crippen LogP contribution in [-0.2, 0) is 29.5 Å². The Kier molecular flexibility index (Phi) is 6.96. The number of thiazole rings is 1. The Bertz CT molecular complexity index is 1380. The zero-order valence-electron chi connectivity index (χ0n) is 22.7. The van der Waals surface area contributed by atoms with E-state index in [0.717, 1.165) is 42.8 Å². The van der Waals surface area contributed by atoms with Crippen molar-refractivity contribution in [3.8, 4) is 11.4 Å². The second kappa shape index (κ2) is 10.4. The maximum absolute atomic E-state index is 13.4. The van der Waals surface area contributed by atoms with Crippen LogP contribution in [0.3, 0.4) is 0 Å². The van der Waals surface area contributed by atoms with Crippen LogP contribution in [0.2, 0.25) is 0 Å². The molecule has 3 N–H and O–H groups in total. The Labute approximate surface area is 232 Å². The Morgan fingerprint density at radius 2 is 1.85 bits per heavy atom. The number of hydrogen-bond acceptors (Lipinski definition) is 9. The number of ketones is 1. The summed E-state index contributed by atoms with van der Waals surface area (Å²) in [5.74, 6) is 0.236. The minimum atomic E-state index is -0.318. The van der Waals surface area contributed by atoms with Gasteiger partial charge >= 0.3 is 0 Å². The predicted molar refractivity (Wildman–Crippen MR) is 150 cm³/mol. The van der Waals surface area contributed by atoms with Gasteiger partial charge in [0.2, 0.25) is 11.9 Å². The lowest BCUT2D eigenvalue weighted by Crippen LogP contribution is -2.48. The minimum absolute atomic E-state index is 0.0747. The maximum atomic E-state index is 13.4. The molecule has 206 valence electrons. The maximum Gasteiger partial charge on any atom is 0.228 e. The number of amides is 1. The summed E-state index contributed by atoms with van der Waals surface area (Å²) in [5, 5.41) is 10.1. The van der Waals surface area contributed by atoms with Crippen LogP contribution in [0.5, 0.6) is 0 Å². The van der Waals surface area contributed by atoms with Gasteiger partial charge in [-0.1, -0.05) is 20.3 Å². The van der Waals surface area contributed by atoms with E-state index in [0.29, 0.717) is 34.6 Å². The summed E-state index contributed by atoms with van der Waals surface area (Å²) in [6.07, 6.45) is 8.91. The molecule has 10 nitrogen and oxygen atoms in total. The van der Waals surface area contributed by atoms with Crippen molar-refractivity contribution in [1.82, 2.24) is 34.9 Å². The number of hydrogen-bond donors (Lipinski definition) is 2. The summed E-state index contributed by atoms with van der Waals surface area (Å²) < 4.78 is 0. The van der Waals surface area contributed by atoms with E-state index in [2.05, 4.69) is 43.9 Å². The molecule has 0 radical (unpaired) electrons. The van der Waals surface area contributed by atoms with Crippen LogP contribution in [0.1, 0.15) is 78.3 Å². The van der Waals surface area contributed by atoms with Gasteiger partial charge < -0.3 is 15.5 Å². The van der Waals surface area contributed by atoms with Crippen LogP contribution in [0.15, 0.2) is 11.6 Å². The van der Waals surface area contributed by atoms with Gasteiger partial charge in [0.15, 0.2) is 5.78 Å². The SMILES string of the molecule is CC1(C)Cc2cnc(N)nc2-c2n[nH]c(C(=O)Cc3nc(CC(=O)N4CCC(N5CCCCC5)CC4)cs3)c21. The van der Waals surface area contributed by atoms with Gasteiger partial charge in [-0.25, -0.2) is 15.0 Å². The zero-order chi connectivity index (χ0) is 27.1. The first kappa shape index (κ1) is 26.1. The lowest BCUT2D eigenvalue weighted by molar-refractivity contribution is -0.132. The molecule has 6 rings (SSSR count). The van der Waals surface area contributed by atoms with Crippen LogP contribution in [0.25, 0.3) is 11.4 Å². The second-order valence-corrected chi connectivity index (χ2v) is 12.6. The number of piperidine rings is 2. The average Bonchev–Trinajstić information content (AvgIpc) is 3.58. The number of aromatic amines is 1. The van der Waals surface area contributed by atoms with Gasteiger partial charge in [0, 0.05) is 36.3 Å². The van der Waals surface area contributed by atoms with E-state index in [1.807, 2.05) is 10.3 Å². The van der Waals surface area contributed by atoms with Crippen molar-refractivity contribution in [2.24, 2.45) is 0 Å². The fourth-order valence-electron chi connectivity index (χ4n) is 6.46. The molecule has 0 bridgehead atoms. The molecule has 39 heavy (non-hydrogen) atoms. The average molecular weight is 549 g/mol. The summed E-state index contributed by atoms with van der Waals surface area (Å²) in [6, 6.07) is 0.614. The number of aromatic nitrogens is 5. The smallest absolute Gasteiger partial charge is 0.228 e. The number of H-pyrrole nitrogens is 1. The number of nitrogens with one attached hydrogen (secondary N) is 1. The summed E-state index contributed by atoms with van der Waals surface area (Å²) in [6.45, 7) is 8.23. The highest BCUT2D eigenvalue weighted by molar-refractivity contribution is 7.09. The Morgan fingerprint density at radius 1 is 1.08 bits per heavy atom. The number of nitrogens with zero attached hydrogens (tertiary/aromatic N) is 6. The molecule has 2 fully saturated rings. The predicted octanol–water partition coefficient (Wildman–Crippen LogP) is 3.18. The summed E-state index contributed by atoms with van der Waals surface area (Å²) in [5.41, 5.74) is 9.91. The summed E-state index contributed by atoms with van der Waals surface area (Å²) in [7, 11) is 0. The molecule has 3 aliphatic rings. The standard InChI is InChI=1S/C28H36N8O2S/c1-28(2)14-17-15-30-27(29)32-24(17)26-23(28)25(33-34-26)20(37)13-21-31-18(16-39-21)12-22(38)36-10-6-19(7-11-36)35-8-4-3-5-9-35/h15-16,19H,3-14H2,1-2H3,(H,33,34)(H2,29,30,32). The van der Waals surface area contributed by atoms with Crippen molar-refractivity contribution in [2.45, 2.75) is 76.7 Å². The van der Waals surface area contributed by atoms with E-state index in [9.17, 15) is 9.59 Å². The number of fused-ring (bicyclic) bond motifs is 3. The Morgan fingerprint density at radius 3 is 2.62 bits per heavy atom. The number of nitrogens with two attached hydrogens (primary N) is 1. The molecule has 11 heteroatoms. The third kappa shape index (κ3) is 5.21. The number of nitrogen functional groups attached to an aromatic ring is 1. The first-order chi connectivity index (χ1) is 18.8. The molecule has 3 aromatic rings. The van der Waals surface area contributed by atoms with Crippen LogP contribution in [-0.4, -0.2) is 78.9 Å². The first-order valence-corrected chi connectivity index (χ1v) is 14.9. The number of carbonyl (C=O) groups is 2. The molecule has 0 atom stereocenters. The number of rotatable bonds is 6. The zero-order valence-corrected chi connectivity index (χ0v) is 23.5. The Balaban J connectivity index is 1.09. The summed E-state index contributed by atoms with van der Waals surface area (Å²) in [4.78, 5) is 44.2. The van der Waals surface area contributed by atoms with Gasteiger partial charge in [0.25, 0.3) is 0 Å². The van der Waals surface area contributed by atoms with Gasteiger partial charge in [-0.2, -0.15) is 5.10 Å². The van der Waals surface area contributed by atoms with E-state index in [1.165, 1.54) is 43.7 Å². The van der Waals surface area contributed by atoms with Crippen molar-refractivity contribution < 1.29 is 9.59 Å². The topological polar surface area (TPSA) is 134 Å². The number of anilines is 1. The van der Waals surface area contributed by atoms with E-state index >= 15 is 0 Å². The van der Waals surface area contributed by atoms with Crippen LogP contribution in [0.4, 0.5) is 5.95 Å². The van der Waals surface area contributed by atoms with Crippen molar-refractivity contribution >= 4 is 29.0 Å². The minimum Gasteiger partial charge on any atom is -0.368 e. The van der Waals surface area contributed by atoms with Crippen LogP contribution >= 0.6 is 11.3 Å². The molecular formula is C28H36N8O2S. The lowest BCUT2D eigenvalue weighted by atomic mass is 9.73. The van der Waals surface area contributed by atoms with E-state index < -0.39 is 0 Å². The van der Waals surface area contributed by atoms with Crippen molar-refractivity contribution in [3.05, 3.63) is 39.1 Å². The molecule has 0 unspecified atom stereocenters. The number of likely N-dealkylation sites (tertiary alicyclic amines) is 2. The van der Waals surface area contributed by atoms with Gasteiger partial charge in [-0.15, -0.1) is 11.3 Å². The monoisotopic (exact) mass is 548 g/mol. The largest absolute Gasteiger partial charge is 0.368 e. The fourth-order valence-corrected chi connectivity index (χ4v) is 7.25. The van der Waals surface area contributed by atoms with Crippen molar-refractivity contribution in [1.29, 1.82) is 0 Å². The molecule has 1 amide bonds. The van der Waals surface area contributed by atoms with E-state index in [4.69, 9.17) is 5.73 Å². The van der Waals surface area contributed by atoms with Gasteiger partial charge in [0.05, 0.1) is 24.2 Å². The first-order valence-electron chi connectivity index (χ1n) is 14.0. The molecule has 0 saturated carbocycles. The van der Waals surface area contributed by atoms with Gasteiger partial charge in [0.1, 0.15) is 16.4 Å². The lowest BCUT2D eigenvalue weighted by Gasteiger charge is -2.40. The van der Waals surface area contributed by atoms with E-state index in [-0.39, 0.29) is 35.9 Å². The quantitative estimate of drug-likeness (QED) is 0.449. The van der Waals surface area contributed by atoms with Gasteiger partial charge in [-0.05, 0) is 56.2 Å². The molecule has 1 aliphatic carbocycles. The van der Waals surface area contributed by atoms with E-state index in [1.54, 1.807) is 6.20 Å². The molecule has 2 saturated heterocycles. The molecule has 0 spiro atoms. The molecule has 3 aromatic heterocycles. The second-order valence-electron chi connectivity index (χ2n) is 11.7. The van der Waals surface area contributed by atoms with Crippen LogP contribution < -0.4 is 5.73 Å². The summed E-state index contributed by atoms with van der Waals surface area (Å²) >= 11 is 1.43. The van der Waals surface area contributed by atoms with Crippen molar-refractivity contribution in [3.63, 3.8) is 0 Å². The molecule has 2 aliphatic heterocycles. The molecular weight excluding hydrogens is 512 g/mol. The molecule has 5 heterocycles. The third-order valence-electron chi connectivity index (χ3n) is 8.43. The highest BCUT2D eigenvalue weighted by atomic mass is 32.1. The number of carbonyl (C=O) groups excluding carboxylic acids is 2.